The van der Waals surface area contributed by atoms with Crippen LogP contribution in [-0.4, -0.2) is 42.9 Å². The lowest BCUT2D eigenvalue weighted by Gasteiger charge is -2.27. The Balaban J connectivity index is 2.16. The van der Waals surface area contributed by atoms with Crippen LogP contribution in [-0.2, 0) is 21.2 Å². The van der Waals surface area contributed by atoms with Gasteiger partial charge in [-0.2, -0.15) is 4.31 Å². The van der Waals surface area contributed by atoms with Gasteiger partial charge in [0, 0.05) is 24.7 Å². The minimum atomic E-state index is -3.82. The maximum atomic E-state index is 13.2. The molecule has 8 heteroatoms. The van der Waals surface area contributed by atoms with E-state index in [1.54, 1.807) is 0 Å². The molecule has 0 aromatic heterocycles. The fourth-order valence-corrected chi connectivity index (χ4v) is 4.83. The van der Waals surface area contributed by atoms with E-state index in [-0.39, 0.29) is 30.3 Å². The summed E-state index contributed by atoms with van der Waals surface area (Å²) in [4.78, 5) is 12.1. The molecule has 2 aromatic rings. The minimum Gasteiger partial charge on any atom is -0.399 e. The highest BCUT2D eigenvalue weighted by molar-refractivity contribution is 7.89. The van der Waals surface area contributed by atoms with Gasteiger partial charge in [0.05, 0.1) is 11.0 Å². The number of nitrogens with two attached hydrogens (primary N) is 2. The number of hydrogen-bond donors (Lipinski definition) is 3. The summed E-state index contributed by atoms with van der Waals surface area (Å²) < 4.78 is 27.7. The summed E-state index contributed by atoms with van der Waals surface area (Å²) >= 11 is 0. The van der Waals surface area contributed by atoms with Gasteiger partial charge in [0.2, 0.25) is 15.9 Å². The summed E-state index contributed by atoms with van der Waals surface area (Å²) in [5.74, 6) is -0.820. The minimum absolute atomic E-state index is 0.0830. The van der Waals surface area contributed by atoms with Crippen molar-refractivity contribution in [1.29, 1.82) is 0 Å². The monoisotopic (exact) mass is 447 g/mol. The lowest BCUT2D eigenvalue weighted by Crippen LogP contribution is -2.40. The molecule has 0 saturated heterocycles. The van der Waals surface area contributed by atoms with Crippen molar-refractivity contribution in [2.24, 2.45) is 17.6 Å². The highest BCUT2D eigenvalue weighted by Gasteiger charge is 2.29. The first-order valence-corrected chi connectivity index (χ1v) is 11.9. The average molecular weight is 448 g/mol. The Morgan fingerprint density at radius 3 is 2.23 bits per heavy atom. The highest BCUT2D eigenvalue weighted by Crippen LogP contribution is 2.21. The predicted octanol–water partition coefficient (Wildman–Crippen LogP) is 2.40. The molecule has 0 radical (unpaired) electrons. The smallest absolute Gasteiger partial charge is 0.243 e. The number of sulfonamides is 1. The highest BCUT2D eigenvalue weighted by atomic mass is 32.2. The number of nitrogen functional groups attached to an aromatic ring is 1. The quantitative estimate of drug-likeness (QED) is 0.431. The zero-order valence-electron chi connectivity index (χ0n) is 18.1. The first-order valence-electron chi connectivity index (χ1n) is 10.5. The molecule has 0 heterocycles. The molecule has 0 unspecified atom stereocenters. The van der Waals surface area contributed by atoms with Crippen molar-refractivity contribution >= 4 is 21.6 Å². The molecule has 2 rings (SSSR count). The average Bonchev–Trinajstić information content (AvgIpc) is 2.71. The van der Waals surface area contributed by atoms with Crippen molar-refractivity contribution in [3.63, 3.8) is 0 Å². The number of anilines is 1. The van der Waals surface area contributed by atoms with Crippen molar-refractivity contribution in [1.82, 2.24) is 4.31 Å². The maximum absolute atomic E-state index is 13.2. The van der Waals surface area contributed by atoms with Gasteiger partial charge in [-0.05, 0) is 55.0 Å². The summed E-state index contributed by atoms with van der Waals surface area (Å²) in [7, 11) is -3.82. The van der Waals surface area contributed by atoms with E-state index in [4.69, 9.17) is 11.5 Å². The molecule has 0 spiro atoms. The molecule has 7 nitrogen and oxygen atoms in total. The second kappa shape index (κ2) is 11.3. The molecule has 2 aromatic carbocycles. The van der Waals surface area contributed by atoms with Crippen LogP contribution in [0.5, 0.6) is 0 Å². The topological polar surface area (TPSA) is 127 Å². The molecular formula is C23H33N3O4S. The summed E-state index contributed by atoms with van der Waals surface area (Å²) in [6.45, 7) is 4.17. The third-order valence-electron chi connectivity index (χ3n) is 5.17. The third-order valence-corrected chi connectivity index (χ3v) is 7.05. The number of nitrogens with zero attached hydrogens (tertiary/aromatic N) is 1. The molecule has 1 amide bonds. The summed E-state index contributed by atoms with van der Waals surface area (Å²) in [5, 5.41) is 10.7. The van der Waals surface area contributed by atoms with Crippen LogP contribution in [0.3, 0.4) is 0 Å². The lowest BCUT2D eigenvalue weighted by molar-refractivity contribution is -0.122. The molecule has 170 valence electrons. The van der Waals surface area contributed by atoms with Crippen LogP contribution in [0.2, 0.25) is 0 Å². The van der Waals surface area contributed by atoms with Crippen molar-refractivity contribution in [3.05, 3.63) is 60.2 Å². The number of aliphatic hydroxyl groups excluding tert-OH is 1. The zero-order valence-corrected chi connectivity index (χ0v) is 19.0. The predicted molar refractivity (Wildman–Crippen MR) is 123 cm³/mol. The van der Waals surface area contributed by atoms with Gasteiger partial charge < -0.3 is 16.6 Å². The van der Waals surface area contributed by atoms with E-state index >= 15 is 0 Å². The lowest BCUT2D eigenvalue weighted by atomic mass is 9.93. The molecule has 2 atom stereocenters. The van der Waals surface area contributed by atoms with Crippen LogP contribution in [0.1, 0.15) is 32.3 Å². The van der Waals surface area contributed by atoms with Crippen molar-refractivity contribution in [3.8, 4) is 0 Å². The SMILES string of the molecule is CC(C)CCN(C[C@@H](O)C[C@@H](Cc1ccccc1)C(N)=O)S(=O)(=O)c1ccc(N)cc1. The van der Waals surface area contributed by atoms with E-state index in [9.17, 15) is 18.3 Å². The van der Waals surface area contributed by atoms with E-state index in [2.05, 4.69) is 0 Å². The van der Waals surface area contributed by atoms with Crippen LogP contribution >= 0.6 is 0 Å². The molecular weight excluding hydrogens is 414 g/mol. The molecule has 0 aliphatic carbocycles. The molecule has 0 aliphatic rings. The van der Waals surface area contributed by atoms with Crippen LogP contribution in [0.4, 0.5) is 5.69 Å². The Labute approximate surface area is 185 Å². The van der Waals surface area contributed by atoms with Gasteiger partial charge in [0.15, 0.2) is 0 Å². The van der Waals surface area contributed by atoms with Crippen LogP contribution in [0, 0.1) is 11.8 Å². The van der Waals surface area contributed by atoms with Crippen LogP contribution in [0.15, 0.2) is 59.5 Å². The van der Waals surface area contributed by atoms with E-state index in [0.29, 0.717) is 18.5 Å². The number of primary amides is 1. The first kappa shape index (κ1) is 24.8. The van der Waals surface area contributed by atoms with Gasteiger partial charge in [0.1, 0.15) is 0 Å². The number of benzene rings is 2. The Morgan fingerprint density at radius 1 is 1.06 bits per heavy atom. The van der Waals surface area contributed by atoms with Gasteiger partial charge in [-0.15, -0.1) is 0 Å². The summed E-state index contributed by atoms with van der Waals surface area (Å²) in [6.07, 6.45) is 0.0882. The largest absolute Gasteiger partial charge is 0.399 e. The van der Waals surface area contributed by atoms with E-state index < -0.39 is 28.0 Å². The summed E-state index contributed by atoms with van der Waals surface area (Å²) in [6, 6.07) is 15.4. The van der Waals surface area contributed by atoms with Crippen molar-refractivity contribution < 1.29 is 18.3 Å². The van der Waals surface area contributed by atoms with Crippen LogP contribution in [0.25, 0.3) is 0 Å². The van der Waals surface area contributed by atoms with Crippen LogP contribution < -0.4 is 11.5 Å². The number of carbonyl (C=O) groups is 1. The van der Waals surface area contributed by atoms with E-state index in [1.165, 1.54) is 28.6 Å². The fraction of sp³-hybridized carbons (Fsp3) is 0.435. The van der Waals surface area contributed by atoms with Gasteiger partial charge >= 0.3 is 0 Å². The van der Waals surface area contributed by atoms with Gasteiger partial charge in [0.25, 0.3) is 0 Å². The molecule has 5 N–H and O–H groups in total. The Kier molecular flexibility index (Phi) is 9.03. The molecule has 0 fully saturated rings. The normalized spacial score (nSPS) is 14.0. The van der Waals surface area contributed by atoms with Gasteiger partial charge in [-0.3, -0.25) is 4.79 Å². The number of carbonyl (C=O) groups excluding carboxylic acids is 1. The zero-order chi connectivity index (χ0) is 23.0. The van der Waals surface area contributed by atoms with E-state index in [0.717, 1.165) is 5.56 Å². The molecule has 0 aliphatic heterocycles. The van der Waals surface area contributed by atoms with Gasteiger partial charge in [-0.25, -0.2) is 8.42 Å². The number of rotatable bonds is 12. The van der Waals surface area contributed by atoms with Crippen molar-refractivity contribution in [2.45, 2.75) is 44.1 Å². The van der Waals surface area contributed by atoms with Crippen molar-refractivity contribution in [2.75, 3.05) is 18.8 Å². The van der Waals surface area contributed by atoms with Gasteiger partial charge in [-0.1, -0.05) is 44.2 Å². The standard InChI is InChI=1S/C23H33N3O4S/c1-17(2)12-13-26(31(29,30)22-10-8-20(24)9-11-22)16-21(27)15-19(23(25)28)14-18-6-4-3-5-7-18/h3-11,17,19,21,27H,12-16,24H2,1-2H3,(H2,25,28)/t19-,21+/m1/s1. The first-order chi connectivity index (χ1) is 14.6. The second-order valence-electron chi connectivity index (χ2n) is 8.29. The molecule has 0 saturated carbocycles. The Bertz CT molecular complexity index is 931. The number of amides is 1. The van der Waals surface area contributed by atoms with E-state index in [1.807, 2.05) is 44.2 Å². The Morgan fingerprint density at radius 2 is 1.68 bits per heavy atom. The fourth-order valence-electron chi connectivity index (χ4n) is 3.34. The third kappa shape index (κ3) is 7.65. The maximum Gasteiger partial charge on any atom is 0.243 e. The number of aliphatic hydroxyl groups is 1. The second-order valence-corrected chi connectivity index (χ2v) is 10.2. The number of hydrogen-bond acceptors (Lipinski definition) is 5. The Hall–Kier alpha value is -2.42. The molecule has 31 heavy (non-hydrogen) atoms. The summed E-state index contributed by atoms with van der Waals surface area (Å²) in [5.41, 5.74) is 12.6. The molecule has 0 bridgehead atoms.